The minimum Gasteiger partial charge on any atom is -0.360 e. The summed E-state index contributed by atoms with van der Waals surface area (Å²) >= 11 is 0. The van der Waals surface area contributed by atoms with E-state index in [9.17, 15) is 8.42 Å². The lowest BCUT2D eigenvalue weighted by atomic mass is 10.0. The molecule has 1 aromatic heterocycles. The molecule has 0 amide bonds. The van der Waals surface area contributed by atoms with Crippen LogP contribution in [-0.2, 0) is 10.0 Å². The van der Waals surface area contributed by atoms with Crippen molar-refractivity contribution in [1.82, 2.24) is 9.46 Å². The standard InChI is InChI=1S/C12H21N3O3S/c1-8-12(9(2)18-14-8)19(16,17)15(3)11-6-4-5-10(11)7-13/h10-11H,4-7,13H2,1-3H3. The highest BCUT2D eigenvalue weighted by Gasteiger charge is 2.38. The van der Waals surface area contributed by atoms with Crippen LogP contribution in [0.1, 0.15) is 30.7 Å². The Labute approximate surface area is 114 Å². The average molecular weight is 287 g/mol. The quantitative estimate of drug-likeness (QED) is 0.893. The third-order valence-electron chi connectivity index (χ3n) is 3.99. The summed E-state index contributed by atoms with van der Waals surface area (Å²) in [4.78, 5) is 0.192. The molecule has 1 aliphatic rings. The summed E-state index contributed by atoms with van der Waals surface area (Å²) in [5, 5.41) is 3.73. The predicted octanol–water partition coefficient (Wildman–Crippen LogP) is 1.04. The molecule has 0 radical (unpaired) electrons. The molecule has 1 aliphatic carbocycles. The molecule has 0 aromatic carbocycles. The second-order valence-corrected chi connectivity index (χ2v) is 7.10. The Balaban J connectivity index is 2.35. The molecule has 2 rings (SSSR count). The first-order valence-electron chi connectivity index (χ1n) is 6.50. The zero-order valence-electron chi connectivity index (χ0n) is 11.6. The molecule has 1 fully saturated rings. The summed E-state index contributed by atoms with van der Waals surface area (Å²) in [7, 11) is -1.94. The number of hydrogen-bond acceptors (Lipinski definition) is 5. The summed E-state index contributed by atoms with van der Waals surface area (Å²) in [6.07, 6.45) is 2.87. The van der Waals surface area contributed by atoms with Crippen molar-refractivity contribution in [2.75, 3.05) is 13.6 Å². The number of nitrogens with zero attached hydrogens (tertiary/aromatic N) is 2. The van der Waals surface area contributed by atoms with Gasteiger partial charge in [-0.2, -0.15) is 4.31 Å². The molecule has 2 atom stereocenters. The van der Waals surface area contributed by atoms with E-state index in [1.165, 1.54) is 4.31 Å². The number of aryl methyl sites for hydroxylation is 2. The van der Waals surface area contributed by atoms with Crippen molar-refractivity contribution < 1.29 is 12.9 Å². The Morgan fingerprint density at radius 3 is 2.63 bits per heavy atom. The fraction of sp³-hybridized carbons (Fsp3) is 0.750. The van der Waals surface area contributed by atoms with Crippen LogP contribution in [0.2, 0.25) is 0 Å². The van der Waals surface area contributed by atoms with Gasteiger partial charge in [0.25, 0.3) is 0 Å². The maximum Gasteiger partial charge on any atom is 0.248 e. The summed E-state index contributed by atoms with van der Waals surface area (Å²) in [5.41, 5.74) is 6.14. The Morgan fingerprint density at radius 1 is 1.42 bits per heavy atom. The van der Waals surface area contributed by atoms with Gasteiger partial charge in [0, 0.05) is 13.1 Å². The van der Waals surface area contributed by atoms with E-state index < -0.39 is 10.0 Å². The van der Waals surface area contributed by atoms with Gasteiger partial charge in [0.15, 0.2) is 5.76 Å². The largest absolute Gasteiger partial charge is 0.360 e. The molecule has 19 heavy (non-hydrogen) atoms. The van der Waals surface area contributed by atoms with Crippen molar-refractivity contribution in [2.45, 2.75) is 44.0 Å². The van der Waals surface area contributed by atoms with Gasteiger partial charge in [0.1, 0.15) is 10.6 Å². The summed E-state index contributed by atoms with van der Waals surface area (Å²) in [6, 6.07) is -0.0244. The molecule has 1 aromatic rings. The van der Waals surface area contributed by atoms with Crippen molar-refractivity contribution in [3.05, 3.63) is 11.5 Å². The van der Waals surface area contributed by atoms with Gasteiger partial charge in [-0.1, -0.05) is 11.6 Å². The minimum absolute atomic E-state index is 0.0244. The Bertz CT molecular complexity index is 533. The lowest BCUT2D eigenvalue weighted by Crippen LogP contribution is -2.41. The lowest BCUT2D eigenvalue weighted by molar-refractivity contribution is 0.303. The van der Waals surface area contributed by atoms with E-state index in [2.05, 4.69) is 5.16 Å². The normalized spacial score (nSPS) is 24.3. The van der Waals surface area contributed by atoms with E-state index in [-0.39, 0.29) is 16.9 Å². The Kier molecular flexibility index (Phi) is 3.98. The molecule has 1 heterocycles. The molecule has 108 valence electrons. The second kappa shape index (κ2) is 5.22. The number of nitrogens with two attached hydrogens (primary N) is 1. The van der Waals surface area contributed by atoms with E-state index >= 15 is 0 Å². The third kappa shape index (κ3) is 2.42. The van der Waals surface area contributed by atoms with Gasteiger partial charge in [-0.25, -0.2) is 8.42 Å². The van der Waals surface area contributed by atoms with E-state index in [1.54, 1.807) is 20.9 Å². The fourth-order valence-electron chi connectivity index (χ4n) is 2.94. The molecule has 0 bridgehead atoms. The monoisotopic (exact) mass is 287 g/mol. The van der Waals surface area contributed by atoms with E-state index in [0.717, 1.165) is 19.3 Å². The minimum atomic E-state index is -3.56. The van der Waals surface area contributed by atoms with Crippen molar-refractivity contribution in [3.8, 4) is 0 Å². The van der Waals surface area contributed by atoms with Gasteiger partial charge in [-0.3, -0.25) is 0 Å². The summed E-state index contributed by atoms with van der Waals surface area (Å²) < 4.78 is 31.8. The van der Waals surface area contributed by atoms with Crippen LogP contribution in [0, 0.1) is 19.8 Å². The molecule has 0 saturated heterocycles. The van der Waals surface area contributed by atoms with Gasteiger partial charge in [-0.05, 0) is 39.2 Å². The second-order valence-electron chi connectivity index (χ2n) is 5.17. The van der Waals surface area contributed by atoms with Crippen LogP contribution < -0.4 is 5.73 Å². The number of sulfonamides is 1. The van der Waals surface area contributed by atoms with Crippen molar-refractivity contribution >= 4 is 10.0 Å². The van der Waals surface area contributed by atoms with E-state index in [0.29, 0.717) is 18.0 Å². The van der Waals surface area contributed by atoms with Crippen LogP contribution in [0.4, 0.5) is 0 Å². The molecule has 0 spiro atoms. The molecular formula is C12H21N3O3S. The Hall–Kier alpha value is -0.920. The van der Waals surface area contributed by atoms with Gasteiger partial charge in [-0.15, -0.1) is 0 Å². The van der Waals surface area contributed by atoms with Crippen molar-refractivity contribution in [2.24, 2.45) is 11.7 Å². The van der Waals surface area contributed by atoms with Crippen LogP contribution in [0.3, 0.4) is 0 Å². The van der Waals surface area contributed by atoms with Crippen LogP contribution >= 0.6 is 0 Å². The first-order chi connectivity index (χ1) is 8.89. The van der Waals surface area contributed by atoms with Gasteiger partial charge in [0.05, 0.1) is 0 Å². The van der Waals surface area contributed by atoms with Crippen LogP contribution in [0.5, 0.6) is 0 Å². The zero-order chi connectivity index (χ0) is 14.2. The smallest absolute Gasteiger partial charge is 0.248 e. The molecule has 7 heteroatoms. The van der Waals surface area contributed by atoms with E-state index in [4.69, 9.17) is 10.3 Å². The highest BCUT2D eigenvalue weighted by molar-refractivity contribution is 7.89. The molecular weight excluding hydrogens is 266 g/mol. The summed E-state index contributed by atoms with van der Waals surface area (Å²) in [6.45, 7) is 3.79. The predicted molar refractivity (Wildman–Crippen MR) is 71.1 cm³/mol. The molecule has 6 nitrogen and oxygen atoms in total. The SMILES string of the molecule is Cc1noc(C)c1S(=O)(=O)N(C)C1CCCC1CN. The topological polar surface area (TPSA) is 89.4 Å². The van der Waals surface area contributed by atoms with Gasteiger partial charge >= 0.3 is 0 Å². The third-order valence-corrected chi connectivity index (χ3v) is 6.12. The van der Waals surface area contributed by atoms with Crippen LogP contribution in [0.25, 0.3) is 0 Å². The molecule has 2 unspecified atom stereocenters. The first-order valence-corrected chi connectivity index (χ1v) is 7.94. The highest BCUT2D eigenvalue weighted by Crippen LogP contribution is 2.33. The first kappa shape index (κ1) is 14.5. The molecule has 2 N–H and O–H groups in total. The highest BCUT2D eigenvalue weighted by atomic mass is 32.2. The van der Waals surface area contributed by atoms with Crippen LogP contribution in [-0.4, -0.2) is 37.5 Å². The van der Waals surface area contributed by atoms with Crippen LogP contribution in [0.15, 0.2) is 9.42 Å². The van der Waals surface area contributed by atoms with E-state index in [1.807, 2.05) is 0 Å². The number of hydrogen-bond donors (Lipinski definition) is 1. The van der Waals surface area contributed by atoms with Gasteiger partial charge < -0.3 is 10.3 Å². The van der Waals surface area contributed by atoms with Gasteiger partial charge in [0.2, 0.25) is 10.0 Å². The number of rotatable bonds is 4. The molecule has 1 saturated carbocycles. The average Bonchev–Trinajstić information content (AvgIpc) is 2.94. The maximum absolute atomic E-state index is 12.7. The fourth-order valence-corrected chi connectivity index (χ4v) is 4.67. The number of aromatic nitrogens is 1. The summed E-state index contributed by atoms with van der Waals surface area (Å²) in [5.74, 6) is 0.576. The zero-order valence-corrected chi connectivity index (χ0v) is 12.4. The lowest BCUT2D eigenvalue weighted by Gasteiger charge is -2.28. The van der Waals surface area contributed by atoms with Crippen molar-refractivity contribution in [1.29, 1.82) is 0 Å². The molecule has 0 aliphatic heterocycles. The van der Waals surface area contributed by atoms with Crippen molar-refractivity contribution in [3.63, 3.8) is 0 Å². The Morgan fingerprint density at radius 2 is 2.11 bits per heavy atom. The maximum atomic E-state index is 12.7.